The maximum Gasteiger partial charge on any atom is 0.220 e. The van der Waals surface area contributed by atoms with E-state index < -0.39 is 0 Å². The number of piperidine rings is 1. The molecule has 1 amide bonds. The summed E-state index contributed by atoms with van der Waals surface area (Å²) in [7, 11) is 4.16. The van der Waals surface area contributed by atoms with Gasteiger partial charge in [0.2, 0.25) is 5.91 Å². The molecule has 1 saturated heterocycles. The smallest absolute Gasteiger partial charge is 0.220 e. The van der Waals surface area contributed by atoms with Gasteiger partial charge in [-0.25, -0.2) is 0 Å². The van der Waals surface area contributed by atoms with E-state index in [-0.39, 0.29) is 17.4 Å². The number of amides is 1. The van der Waals surface area contributed by atoms with E-state index in [9.17, 15) is 4.79 Å². The van der Waals surface area contributed by atoms with E-state index in [4.69, 9.17) is 0 Å². The third-order valence-electron chi connectivity index (χ3n) is 4.92. The molecule has 0 aromatic carbocycles. The first-order chi connectivity index (χ1) is 9.72. The highest BCUT2D eigenvalue weighted by molar-refractivity contribution is 5.76. The molecule has 0 spiro atoms. The number of nitrogens with zero attached hydrogens (tertiary/aromatic N) is 1. The maximum atomic E-state index is 12.3. The van der Waals surface area contributed by atoms with Crippen molar-refractivity contribution in [3.8, 4) is 0 Å². The molecule has 1 aliphatic heterocycles. The minimum absolute atomic E-state index is 0.0782. The van der Waals surface area contributed by atoms with E-state index in [1.165, 1.54) is 12.8 Å². The molecule has 4 nitrogen and oxygen atoms in total. The molecular weight excluding hydrogens is 262 g/mol. The van der Waals surface area contributed by atoms with Crippen LogP contribution in [0.4, 0.5) is 0 Å². The molecule has 1 aliphatic rings. The van der Waals surface area contributed by atoms with Gasteiger partial charge in [-0.15, -0.1) is 0 Å². The van der Waals surface area contributed by atoms with Crippen LogP contribution < -0.4 is 10.6 Å². The Morgan fingerprint density at radius 3 is 2.57 bits per heavy atom. The number of hydrogen-bond donors (Lipinski definition) is 2. The van der Waals surface area contributed by atoms with Crippen LogP contribution in [0.5, 0.6) is 0 Å². The predicted molar refractivity (Wildman–Crippen MR) is 89.3 cm³/mol. The monoisotopic (exact) mass is 297 g/mol. The minimum Gasteiger partial charge on any atom is -0.353 e. The number of carbonyl (C=O) groups excluding carboxylic acids is 1. The van der Waals surface area contributed by atoms with Gasteiger partial charge in [0.25, 0.3) is 0 Å². The number of carbonyl (C=O) groups is 1. The average molecular weight is 297 g/mol. The zero-order valence-corrected chi connectivity index (χ0v) is 14.8. The van der Waals surface area contributed by atoms with E-state index in [0.29, 0.717) is 18.3 Å². The summed E-state index contributed by atoms with van der Waals surface area (Å²) < 4.78 is 0. The van der Waals surface area contributed by atoms with Gasteiger partial charge in [0.15, 0.2) is 0 Å². The van der Waals surface area contributed by atoms with Crippen molar-refractivity contribution in [2.24, 2.45) is 17.3 Å². The molecule has 124 valence electrons. The first-order valence-electron chi connectivity index (χ1n) is 8.37. The van der Waals surface area contributed by atoms with Crippen molar-refractivity contribution in [3.05, 3.63) is 0 Å². The third kappa shape index (κ3) is 6.35. The molecule has 21 heavy (non-hydrogen) atoms. The molecule has 0 aromatic rings. The Morgan fingerprint density at radius 1 is 1.38 bits per heavy atom. The van der Waals surface area contributed by atoms with Crippen LogP contribution in [-0.2, 0) is 4.79 Å². The van der Waals surface area contributed by atoms with Gasteiger partial charge in [0.1, 0.15) is 0 Å². The molecule has 3 unspecified atom stereocenters. The van der Waals surface area contributed by atoms with Crippen molar-refractivity contribution >= 4 is 5.91 Å². The van der Waals surface area contributed by atoms with Crippen molar-refractivity contribution in [3.63, 3.8) is 0 Å². The lowest BCUT2D eigenvalue weighted by Gasteiger charge is -2.35. The summed E-state index contributed by atoms with van der Waals surface area (Å²) in [5, 5.41) is 6.65. The zero-order valence-electron chi connectivity index (χ0n) is 14.8. The summed E-state index contributed by atoms with van der Waals surface area (Å²) >= 11 is 0. The first kappa shape index (κ1) is 18.4. The quantitative estimate of drug-likeness (QED) is 0.756. The molecule has 1 rings (SSSR count). The molecule has 1 heterocycles. The largest absolute Gasteiger partial charge is 0.353 e. The standard InChI is InChI=1S/C17H35N3O/c1-13(15-8-7-9-18-11-15)10-16(21)19-14(2)17(3,4)12-20(5)6/h13-15,18H,7-12H2,1-6H3,(H,19,21). The molecule has 0 aliphatic carbocycles. The Balaban J connectivity index is 2.41. The van der Waals surface area contributed by atoms with Crippen molar-refractivity contribution in [1.82, 2.24) is 15.5 Å². The summed E-state index contributed by atoms with van der Waals surface area (Å²) in [5.41, 5.74) is 0.0782. The number of nitrogens with one attached hydrogen (secondary N) is 2. The van der Waals surface area contributed by atoms with Crippen LogP contribution >= 0.6 is 0 Å². The maximum absolute atomic E-state index is 12.3. The summed E-state index contributed by atoms with van der Waals surface area (Å²) in [5.74, 6) is 1.31. The van der Waals surface area contributed by atoms with Crippen molar-refractivity contribution in [2.75, 3.05) is 33.7 Å². The predicted octanol–water partition coefficient (Wildman–Crippen LogP) is 2.10. The fraction of sp³-hybridized carbons (Fsp3) is 0.941. The van der Waals surface area contributed by atoms with Crippen LogP contribution in [0.3, 0.4) is 0 Å². The average Bonchev–Trinajstić information content (AvgIpc) is 2.37. The van der Waals surface area contributed by atoms with Crippen molar-refractivity contribution in [2.45, 2.75) is 53.0 Å². The fourth-order valence-corrected chi connectivity index (χ4v) is 3.27. The van der Waals surface area contributed by atoms with Crippen LogP contribution in [0.2, 0.25) is 0 Å². The number of hydrogen-bond acceptors (Lipinski definition) is 3. The van der Waals surface area contributed by atoms with Crippen molar-refractivity contribution in [1.29, 1.82) is 0 Å². The van der Waals surface area contributed by atoms with Crippen LogP contribution in [0.25, 0.3) is 0 Å². The number of rotatable bonds is 7. The Labute approximate surface area is 131 Å². The highest BCUT2D eigenvalue weighted by atomic mass is 16.1. The van der Waals surface area contributed by atoms with Gasteiger partial charge in [0, 0.05) is 19.0 Å². The second kappa shape index (κ2) is 8.14. The first-order valence-corrected chi connectivity index (χ1v) is 8.37. The van der Waals surface area contributed by atoms with Gasteiger partial charge in [-0.2, -0.15) is 0 Å². The fourth-order valence-electron chi connectivity index (χ4n) is 3.27. The van der Waals surface area contributed by atoms with E-state index in [0.717, 1.165) is 19.6 Å². The van der Waals surface area contributed by atoms with Crippen LogP contribution in [0.15, 0.2) is 0 Å². The topological polar surface area (TPSA) is 44.4 Å². The van der Waals surface area contributed by atoms with Gasteiger partial charge in [0.05, 0.1) is 0 Å². The van der Waals surface area contributed by atoms with Gasteiger partial charge >= 0.3 is 0 Å². The van der Waals surface area contributed by atoms with E-state index in [1.54, 1.807) is 0 Å². The molecule has 0 radical (unpaired) electrons. The lowest BCUT2D eigenvalue weighted by molar-refractivity contribution is -0.123. The van der Waals surface area contributed by atoms with Gasteiger partial charge < -0.3 is 15.5 Å². The van der Waals surface area contributed by atoms with E-state index in [2.05, 4.69) is 57.3 Å². The van der Waals surface area contributed by atoms with E-state index >= 15 is 0 Å². The molecule has 2 N–H and O–H groups in total. The SMILES string of the molecule is CC(CC(=O)NC(C)C(C)(C)CN(C)C)C1CCCNC1. The molecular formula is C17H35N3O. The molecule has 0 bridgehead atoms. The molecule has 1 fully saturated rings. The normalized spacial score (nSPS) is 22.9. The molecule has 3 atom stereocenters. The Hall–Kier alpha value is -0.610. The van der Waals surface area contributed by atoms with Crippen LogP contribution in [0, 0.1) is 17.3 Å². The van der Waals surface area contributed by atoms with Crippen LogP contribution in [0.1, 0.15) is 47.0 Å². The Bertz CT molecular complexity index is 322. The Morgan fingerprint density at radius 2 is 2.05 bits per heavy atom. The van der Waals surface area contributed by atoms with Gasteiger partial charge in [-0.3, -0.25) is 4.79 Å². The summed E-state index contributed by atoms with van der Waals surface area (Å²) in [6.45, 7) is 11.9. The molecule has 4 heteroatoms. The Kier molecular flexibility index (Phi) is 7.14. The summed E-state index contributed by atoms with van der Waals surface area (Å²) in [6, 6.07) is 0.184. The lowest BCUT2D eigenvalue weighted by Crippen LogP contribution is -2.48. The highest BCUT2D eigenvalue weighted by Gasteiger charge is 2.29. The van der Waals surface area contributed by atoms with Gasteiger partial charge in [-0.05, 0) is 64.2 Å². The van der Waals surface area contributed by atoms with Crippen LogP contribution in [-0.4, -0.2) is 50.6 Å². The third-order valence-corrected chi connectivity index (χ3v) is 4.92. The summed E-state index contributed by atoms with van der Waals surface area (Å²) in [4.78, 5) is 14.5. The summed E-state index contributed by atoms with van der Waals surface area (Å²) in [6.07, 6.45) is 3.14. The lowest BCUT2D eigenvalue weighted by atomic mass is 9.83. The van der Waals surface area contributed by atoms with Crippen molar-refractivity contribution < 1.29 is 4.79 Å². The van der Waals surface area contributed by atoms with E-state index in [1.807, 2.05) is 0 Å². The second-order valence-electron chi connectivity index (χ2n) is 7.80. The zero-order chi connectivity index (χ0) is 16.0. The van der Waals surface area contributed by atoms with Gasteiger partial charge in [-0.1, -0.05) is 20.8 Å². The second-order valence-corrected chi connectivity index (χ2v) is 7.80. The highest BCUT2D eigenvalue weighted by Crippen LogP contribution is 2.24. The molecule has 0 aromatic heterocycles. The minimum atomic E-state index is 0.0782. The molecule has 0 saturated carbocycles.